The average molecular weight is 250 g/mol. The minimum atomic E-state index is -0.652. The van der Waals surface area contributed by atoms with E-state index in [4.69, 9.17) is 0 Å². The minimum absolute atomic E-state index is 0.185. The van der Waals surface area contributed by atoms with Gasteiger partial charge >= 0.3 is 5.97 Å². The summed E-state index contributed by atoms with van der Waals surface area (Å²) in [7, 11) is 1.96. The molecule has 3 heterocycles. The molecule has 2 aliphatic rings. The predicted molar refractivity (Wildman–Crippen MR) is 63.8 cm³/mol. The number of aromatic nitrogens is 3. The van der Waals surface area contributed by atoms with Crippen molar-refractivity contribution in [2.75, 3.05) is 0 Å². The van der Waals surface area contributed by atoms with Crippen molar-refractivity contribution in [1.29, 1.82) is 0 Å². The van der Waals surface area contributed by atoms with Crippen LogP contribution in [0.5, 0.6) is 0 Å². The van der Waals surface area contributed by atoms with Crippen LogP contribution in [0.25, 0.3) is 0 Å². The Hall–Kier alpha value is -1.43. The first-order valence-electron chi connectivity index (χ1n) is 6.41. The molecular weight excluding hydrogens is 232 g/mol. The van der Waals surface area contributed by atoms with Crippen LogP contribution in [-0.2, 0) is 18.4 Å². The van der Waals surface area contributed by atoms with Crippen molar-refractivity contribution >= 4 is 5.97 Å². The summed E-state index contributed by atoms with van der Waals surface area (Å²) in [5, 5.41) is 17.4. The van der Waals surface area contributed by atoms with Crippen LogP contribution in [0.4, 0.5) is 0 Å². The van der Waals surface area contributed by atoms with Crippen LogP contribution in [0.1, 0.15) is 30.9 Å². The van der Waals surface area contributed by atoms with E-state index in [0.717, 1.165) is 37.5 Å². The van der Waals surface area contributed by atoms with Gasteiger partial charge in [0, 0.05) is 19.1 Å². The molecular formula is C12H18N4O2. The van der Waals surface area contributed by atoms with Crippen molar-refractivity contribution in [3.05, 3.63) is 11.6 Å². The molecule has 98 valence electrons. The lowest BCUT2D eigenvalue weighted by molar-refractivity contribution is -0.142. The Morgan fingerprint density at radius 1 is 1.44 bits per heavy atom. The Bertz CT molecular complexity index is 484. The lowest BCUT2D eigenvalue weighted by Gasteiger charge is -2.21. The maximum Gasteiger partial charge on any atom is 0.308 e. The molecule has 6 heteroatoms. The average Bonchev–Trinajstić information content (AvgIpc) is 2.98. The highest BCUT2D eigenvalue weighted by Crippen LogP contribution is 2.42. The van der Waals surface area contributed by atoms with E-state index in [1.54, 1.807) is 0 Å². The monoisotopic (exact) mass is 250 g/mol. The summed E-state index contributed by atoms with van der Waals surface area (Å²) in [6, 6.07) is 0.595. The molecule has 0 aliphatic carbocycles. The zero-order chi connectivity index (χ0) is 12.9. The van der Waals surface area contributed by atoms with Gasteiger partial charge in [-0.3, -0.25) is 9.69 Å². The van der Waals surface area contributed by atoms with Crippen LogP contribution in [0.2, 0.25) is 0 Å². The Morgan fingerprint density at radius 3 is 2.78 bits per heavy atom. The second-order valence-corrected chi connectivity index (χ2v) is 5.37. The van der Waals surface area contributed by atoms with Gasteiger partial charge in [0.2, 0.25) is 0 Å². The van der Waals surface area contributed by atoms with E-state index in [1.807, 2.05) is 18.5 Å². The molecule has 2 bridgehead atoms. The quantitative estimate of drug-likeness (QED) is 0.848. The van der Waals surface area contributed by atoms with E-state index < -0.39 is 5.97 Å². The Balaban J connectivity index is 1.78. The van der Waals surface area contributed by atoms with Gasteiger partial charge in [-0.2, -0.15) is 0 Å². The maximum absolute atomic E-state index is 11.2. The molecule has 2 saturated heterocycles. The van der Waals surface area contributed by atoms with Gasteiger partial charge in [0.1, 0.15) is 11.6 Å². The highest BCUT2D eigenvalue weighted by molar-refractivity contribution is 5.71. The highest BCUT2D eigenvalue weighted by Gasteiger charge is 2.49. The van der Waals surface area contributed by atoms with Gasteiger partial charge in [-0.05, 0) is 26.2 Å². The van der Waals surface area contributed by atoms with Crippen molar-refractivity contribution in [3.8, 4) is 0 Å². The number of rotatable bonds is 3. The van der Waals surface area contributed by atoms with Crippen molar-refractivity contribution in [2.45, 2.75) is 44.8 Å². The first-order valence-corrected chi connectivity index (χ1v) is 6.41. The summed E-state index contributed by atoms with van der Waals surface area (Å²) >= 11 is 0. The summed E-state index contributed by atoms with van der Waals surface area (Å²) in [5.74, 6) is 0.973. The van der Waals surface area contributed by atoms with Crippen molar-refractivity contribution in [1.82, 2.24) is 19.7 Å². The number of aryl methyl sites for hydroxylation is 1. The van der Waals surface area contributed by atoms with E-state index >= 15 is 0 Å². The van der Waals surface area contributed by atoms with Crippen LogP contribution >= 0.6 is 0 Å². The van der Waals surface area contributed by atoms with Gasteiger partial charge in [0.05, 0.1) is 12.5 Å². The number of carboxylic acid groups (broad SMARTS) is 1. The first-order chi connectivity index (χ1) is 8.58. The third kappa shape index (κ3) is 1.63. The third-order valence-corrected chi connectivity index (χ3v) is 4.51. The summed E-state index contributed by atoms with van der Waals surface area (Å²) in [6.07, 6.45) is 2.90. The maximum atomic E-state index is 11.2. The number of hydrogen-bond acceptors (Lipinski definition) is 4. The lowest BCUT2D eigenvalue weighted by Crippen LogP contribution is -2.33. The predicted octanol–water partition coefficient (Wildman–Crippen LogP) is 0.561. The molecule has 1 N–H and O–H groups in total. The van der Waals surface area contributed by atoms with E-state index in [-0.39, 0.29) is 12.0 Å². The van der Waals surface area contributed by atoms with Crippen LogP contribution in [0.3, 0.4) is 0 Å². The lowest BCUT2D eigenvalue weighted by atomic mass is 9.89. The number of aliphatic carboxylic acids is 1. The normalized spacial score (nSPS) is 31.1. The number of hydrogen-bond donors (Lipinski definition) is 1. The van der Waals surface area contributed by atoms with Crippen molar-refractivity contribution in [3.63, 3.8) is 0 Å². The zero-order valence-corrected chi connectivity index (χ0v) is 10.7. The second-order valence-electron chi connectivity index (χ2n) is 5.37. The second kappa shape index (κ2) is 4.05. The summed E-state index contributed by atoms with van der Waals surface area (Å²) in [4.78, 5) is 13.5. The van der Waals surface area contributed by atoms with E-state index in [9.17, 15) is 9.90 Å². The van der Waals surface area contributed by atoms with Gasteiger partial charge in [0.25, 0.3) is 0 Å². The Labute approximate surface area is 106 Å². The molecule has 0 radical (unpaired) electrons. The van der Waals surface area contributed by atoms with Gasteiger partial charge in [-0.15, -0.1) is 10.2 Å². The Kier molecular flexibility index (Phi) is 2.62. The molecule has 3 rings (SSSR count). The molecule has 0 saturated carbocycles. The van der Waals surface area contributed by atoms with E-state index in [0.29, 0.717) is 6.04 Å². The number of carbonyl (C=O) groups is 1. The summed E-state index contributed by atoms with van der Waals surface area (Å²) in [5.41, 5.74) is 0. The Morgan fingerprint density at radius 2 is 2.22 bits per heavy atom. The van der Waals surface area contributed by atoms with E-state index in [1.165, 1.54) is 0 Å². The van der Waals surface area contributed by atoms with Crippen molar-refractivity contribution in [2.24, 2.45) is 13.0 Å². The first kappa shape index (κ1) is 11.6. The SMILES string of the molecule is Cc1nnc(CN2C3CCC2C(C(=O)O)C3)n1C. The molecule has 0 spiro atoms. The van der Waals surface area contributed by atoms with Gasteiger partial charge in [-0.25, -0.2) is 0 Å². The molecule has 2 aliphatic heterocycles. The van der Waals surface area contributed by atoms with Gasteiger partial charge < -0.3 is 9.67 Å². The van der Waals surface area contributed by atoms with E-state index in [2.05, 4.69) is 15.1 Å². The molecule has 1 aromatic rings. The van der Waals surface area contributed by atoms with Crippen LogP contribution < -0.4 is 0 Å². The largest absolute Gasteiger partial charge is 0.481 e. The minimum Gasteiger partial charge on any atom is -0.481 e. The number of fused-ring (bicyclic) bond motifs is 2. The standard InChI is InChI=1S/C12H18N4O2/c1-7-13-14-11(15(7)2)6-16-8-3-4-10(16)9(5-8)12(17)18/h8-10H,3-6H2,1-2H3,(H,17,18). The van der Waals surface area contributed by atoms with Crippen LogP contribution in [0, 0.1) is 12.8 Å². The fourth-order valence-corrected chi connectivity index (χ4v) is 3.37. The van der Waals surface area contributed by atoms with Crippen molar-refractivity contribution < 1.29 is 9.90 Å². The molecule has 0 amide bonds. The number of nitrogens with zero attached hydrogens (tertiary/aromatic N) is 4. The van der Waals surface area contributed by atoms with Gasteiger partial charge in [-0.1, -0.05) is 0 Å². The molecule has 2 fully saturated rings. The molecule has 6 nitrogen and oxygen atoms in total. The fourth-order valence-electron chi connectivity index (χ4n) is 3.37. The summed E-state index contributed by atoms with van der Waals surface area (Å²) < 4.78 is 1.98. The molecule has 0 aromatic carbocycles. The van der Waals surface area contributed by atoms with Crippen LogP contribution in [-0.4, -0.2) is 42.8 Å². The van der Waals surface area contributed by atoms with Gasteiger partial charge in [0.15, 0.2) is 0 Å². The highest BCUT2D eigenvalue weighted by atomic mass is 16.4. The molecule has 1 aromatic heterocycles. The molecule has 3 unspecified atom stereocenters. The number of carboxylic acids is 1. The zero-order valence-electron chi connectivity index (χ0n) is 10.7. The topological polar surface area (TPSA) is 71.2 Å². The fraction of sp³-hybridized carbons (Fsp3) is 0.750. The summed E-state index contributed by atoms with van der Waals surface area (Å²) in [6.45, 7) is 2.64. The van der Waals surface area contributed by atoms with Crippen LogP contribution in [0.15, 0.2) is 0 Å². The smallest absolute Gasteiger partial charge is 0.308 e. The molecule has 3 atom stereocenters. The molecule has 18 heavy (non-hydrogen) atoms. The third-order valence-electron chi connectivity index (χ3n) is 4.51.